The highest BCUT2D eigenvalue weighted by Crippen LogP contribution is 2.44. The summed E-state index contributed by atoms with van der Waals surface area (Å²) in [6.07, 6.45) is -12.6. The molecule has 2 aromatic carbocycles. The van der Waals surface area contributed by atoms with Crippen LogP contribution in [0.25, 0.3) is 0 Å². The van der Waals surface area contributed by atoms with Gasteiger partial charge in [-0.3, -0.25) is 0 Å². The van der Waals surface area contributed by atoms with Gasteiger partial charge in [-0.05, 0) is 46.5 Å². The average Bonchev–Trinajstić information content (AvgIpc) is 3.17. The van der Waals surface area contributed by atoms with Crippen LogP contribution >= 0.6 is 0 Å². The molecule has 2 heterocycles. The van der Waals surface area contributed by atoms with Crippen molar-refractivity contribution in [2.75, 3.05) is 0 Å². The second-order valence-electron chi connectivity index (χ2n) is 6.23. The molecule has 2 atom stereocenters. The lowest BCUT2D eigenvalue weighted by Crippen LogP contribution is -2.19. The summed E-state index contributed by atoms with van der Waals surface area (Å²) in [6, 6.07) is 7.77. The van der Waals surface area contributed by atoms with Crippen molar-refractivity contribution in [3.8, 4) is 11.5 Å². The minimum Gasteiger partial charge on any atom is -0.508 e. The van der Waals surface area contributed by atoms with Gasteiger partial charge in [0.2, 0.25) is 0 Å². The van der Waals surface area contributed by atoms with Crippen LogP contribution in [0, 0.1) is 0 Å². The zero-order chi connectivity index (χ0) is 20.7. The fourth-order valence-corrected chi connectivity index (χ4v) is 2.98. The molecule has 0 saturated heterocycles. The largest absolute Gasteiger partial charge is 0.508 e. The number of hydrogen-bond acceptors (Lipinski definition) is 4. The Morgan fingerprint density at radius 1 is 0.679 bits per heavy atom. The molecule has 2 aliphatic heterocycles. The van der Waals surface area contributed by atoms with E-state index in [0.717, 1.165) is 12.1 Å². The molecule has 0 radical (unpaired) electrons. The molecule has 0 spiro atoms. The molecule has 4 rings (SSSR count). The summed E-state index contributed by atoms with van der Waals surface area (Å²) in [5.74, 6) is -0.355. The van der Waals surface area contributed by atoms with Gasteiger partial charge < -0.3 is 19.7 Å². The molecule has 28 heavy (non-hydrogen) atoms. The number of alkyl halides is 6. The zero-order valence-corrected chi connectivity index (χ0v) is 14.0. The SMILES string of the molecule is Oc1ccc2c(c1)C(C(F)(F)F)OC2.Oc1ccc2c(c1)C(C(F)(F)F)OC2. The maximum Gasteiger partial charge on any atom is 0.418 e. The molecular weight excluding hydrogens is 394 g/mol. The molecule has 0 fully saturated rings. The van der Waals surface area contributed by atoms with Crippen LogP contribution in [0.2, 0.25) is 0 Å². The Balaban J connectivity index is 0.000000161. The Labute approximate surface area is 154 Å². The van der Waals surface area contributed by atoms with Gasteiger partial charge in [-0.2, -0.15) is 26.3 Å². The molecule has 0 aromatic heterocycles. The fourth-order valence-electron chi connectivity index (χ4n) is 2.98. The Hall–Kier alpha value is -2.46. The first-order chi connectivity index (χ1) is 13.0. The van der Waals surface area contributed by atoms with Crippen molar-refractivity contribution >= 4 is 0 Å². The van der Waals surface area contributed by atoms with Crippen molar-refractivity contribution < 1.29 is 46.0 Å². The highest BCUT2D eigenvalue weighted by atomic mass is 19.4. The molecule has 4 nitrogen and oxygen atoms in total. The monoisotopic (exact) mass is 408 g/mol. The van der Waals surface area contributed by atoms with Crippen molar-refractivity contribution in [3.63, 3.8) is 0 Å². The van der Waals surface area contributed by atoms with Crippen molar-refractivity contribution in [2.24, 2.45) is 0 Å². The Morgan fingerprint density at radius 3 is 1.36 bits per heavy atom. The van der Waals surface area contributed by atoms with Crippen LogP contribution in [0.3, 0.4) is 0 Å². The predicted molar refractivity (Wildman–Crippen MR) is 83.4 cm³/mol. The van der Waals surface area contributed by atoms with E-state index in [1.165, 1.54) is 24.3 Å². The van der Waals surface area contributed by atoms with Crippen molar-refractivity contribution in [3.05, 3.63) is 58.7 Å². The average molecular weight is 408 g/mol. The lowest BCUT2D eigenvalue weighted by atomic mass is 10.0. The summed E-state index contributed by atoms with van der Waals surface area (Å²) < 4.78 is 83.4. The molecule has 0 amide bonds. The third-order valence-corrected chi connectivity index (χ3v) is 4.23. The number of benzene rings is 2. The molecule has 0 bridgehead atoms. The number of halogens is 6. The first-order valence-corrected chi connectivity index (χ1v) is 7.97. The molecule has 152 valence electrons. The van der Waals surface area contributed by atoms with Crippen LogP contribution < -0.4 is 0 Å². The van der Waals surface area contributed by atoms with E-state index in [1.54, 1.807) is 0 Å². The van der Waals surface area contributed by atoms with Gasteiger partial charge in [0.15, 0.2) is 12.2 Å². The number of ether oxygens (including phenoxy) is 2. The van der Waals surface area contributed by atoms with Crippen molar-refractivity contribution in [2.45, 2.75) is 37.8 Å². The zero-order valence-electron chi connectivity index (χ0n) is 14.0. The number of rotatable bonds is 0. The van der Waals surface area contributed by atoms with E-state index < -0.39 is 24.6 Å². The highest BCUT2D eigenvalue weighted by molar-refractivity contribution is 5.39. The topological polar surface area (TPSA) is 58.9 Å². The molecule has 0 aliphatic carbocycles. The van der Waals surface area contributed by atoms with E-state index in [2.05, 4.69) is 9.47 Å². The van der Waals surface area contributed by atoms with Gasteiger partial charge in [0.05, 0.1) is 13.2 Å². The molecule has 2 aromatic rings. The second kappa shape index (κ2) is 7.17. The lowest BCUT2D eigenvalue weighted by Gasteiger charge is -2.14. The summed E-state index contributed by atoms with van der Waals surface area (Å²) in [5.41, 5.74) is 0.977. The van der Waals surface area contributed by atoms with Gasteiger partial charge in [-0.25, -0.2) is 0 Å². The van der Waals surface area contributed by atoms with Gasteiger partial charge >= 0.3 is 12.4 Å². The lowest BCUT2D eigenvalue weighted by molar-refractivity contribution is -0.220. The number of fused-ring (bicyclic) bond motifs is 2. The Bertz CT molecular complexity index is 791. The standard InChI is InChI=1S/2C9H7F3O2/c2*10-9(11,12)8-7-3-6(13)2-1-5(7)4-14-8/h2*1-3,8,13H,4H2. The van der Waals surface area contributed by atoms with Gasteiger partial charge in [-0.15, -0.1) is 0 Å². The number of hydrogen-bond donors (Lipinski definition) is 2. The number of phenols is 2. The Morgan fingerprint density at radius 2 is 1.04 bits per heavy atom. The van der Waals surface area contributed by atoms with Crippen LogP contribution in [-0.2, 0) is 22.7 Å². The van der Waals surface area contributed by atoms with Crippen molar-refractivity contribution in [1.29, 1.82) is 0 Å². The van der Waals surface area contributed by atoms with Gasteiger partial charge in [0.1, 0.15) is 11.5 Å². The smallest absolute Gasteiger partial charge is 0.418 e. The fraction of sp³-hybridized carbons (Fsp3) is 0.333. The highest BCUT2D eigenvalue weighted by Gasteiger charge is 2.46. The molecule has 0 saturated carbocycles. The van der Waals surface area contributed by atoms with Gasteiger partial charge in [0.25, 0.3) is 0 Å². The summed E-state index contributed by atoms with van der Waals surface area (Å²) in [4.78, 5) is 0. The van der Waals surface area contributed by atoms with E-state index in [0.29, 0.717) is 11.1 Å². The summed E-state index contributed by atoms with van der Waals surface area (Å²) >= 11 is 0. The number of phenolic OH excluding ortho intramolecular Hbond substituents is 2. The van der Waals surface area contributed by atoms with Crippen LogP contribution in [-0.4, -0.2) is 22.6 Å². The third kappa shape index (κ3) is 4.17. The van der Waals surface area contributed by atoms with Gasteiger partial charge in [-0.1, -0.05) is 12.1 Å². The first-order valence-electron chi connectivity index (χ1n) is 7.97. The predicted octanol–water partition coefficient (Wildman–Crippen LogP) is 5.05. The molecule has 10 heteroatoms. The minimum atomic E-state index is -4.42. The summed E-state index contributed by atoms with van der Waals surface area (Å²) in [5, 5.41) is 18.1. The minimum absolute atomic E-state index is 0.0116. The van der Waals surface area contributed by atoms with E-state index in [4.69, 9.17) is 10.2 Å². The van der Waals surface area contributed by atoms with E-state index >= 15 is 0 Å². The maximum atomic E-state index is 12.4. The van der Waals surface area contributed by atoms with Crippen molar-refractivity contribution in [1.82, 2.24) is 0 Å². The maximum absolute atomic E-state index is 12.4. The van der Waals surface area contributed by atoms with Crippen LogP contribution in [0.15, 0.2) is 36.4 Å². The van der Waals surface area contributed by atoms with Gasteiger partial charge in [0, 0.05) is 0 Å². The second-order valence-corrected chi connectivity index (χ2v) is 6.23. The summed E-state index contributed by atoms with van der Waals surface area (Å²) in [6.45, 7) is -0.112. The van der Waals surface area contributed by atoms with Crippen LogP contribution in [0.5, 0.6) is 11.5 Å². The van der Waals surface area contributed by atoms with Crippen LogP contribution in [0.4, 0.5) is 26.3 Å². The normalized spacial score (nSPS) is 20.9. The number of aromatic hydroxyl groups is 2. The summed E-state index contributed by atoms with van der Waals surface area (Å²) in [7, 11) is 0. The van der Waals surface area contributed by atoms with E-state index in [9.17, 15) is 26.3 Å². The third-order valence-electron chi connectivity index (χ3n) is 4.23. The first kappa shape index (κ1) is 20.3. The van der Waals surface area contributed by atoms with E-state index in [-0.39, 0.29) is 35.8 Å². The van der Waals surface area contributed by atoms with Crippen LogP contribution in [0.1, 0.15) is 34.5 Å². The van der Waals surface area contributed by atoms with E-state index in [1.807, 2.05) is 0 Å². The quantitative estimate of drug-likeness (QED) is 0.599. The molecule has 2 aliphatic rings. The molecule has 2 unspecified atom stereocenters. The molecule has 2 N–H and O–H groups in total. The molecular formula is C18H14F6O4. The Kier molecular flexibility index (Phi) is 5.20.